The van der Waals surface area contributed by atoms with Crippen LogP contribution in [0.15, 0.2) is 20.8 Å². The van der Waals surface area contributed by atoms with E-state index in [0.29, 0.717) is 12.0 Å². The number of halogens is 1. The van der Waals surface area contributed by atoms with Crippen LogP contribution in [0.2, 0.25) is 0 Å². The highest BCUT2D eigenvalue weighted by atomic mass is 79.9. The first kappa shape index (κ1) is 14.6. The number of nitrogens with one attached hydrogen (secondary N) is 1. The van der Waals surface area contributed by atoms with Crippen LogP contribution in [0.3, 0.4) is 0 Å². The molecule has 1 aliphatic rings. The summed E-state index contributed by atoms with van der Waals surface area (Å²) in [7, 11) is 0. The lowest BCUT2D eigenvalue weighted by Crippen LogP contribution is -2.32. The summed E-state index contributed by atoms with van der Waals surface area (Å²) >= 11 is 4.40. The number of hydrogen-bond acceptors (Lipinski definition) is 5. The third-order valence-electron chi connectivity index (χ3n) is 2.93. The van der Waals surface area contributed by atoms with Crippen LogP contribution in [0.25, 0.3) is 6.08 Å². The van der Waals surface area contributed by atoms with Crippen molar-refractivity contribution in [2.24, 2.45) is 0 Å². The molecule has 0 amide bonds. The van der Waals surface area contributed by atoms with Gasteiger partial charge in [-0.1, -0.05) is 15.9 Å². The molecule has 0 aromatic carbocycles. The topological polar surface area (TPSA) is 95.3 Å². The molecule has 3 atom stereocenters. The van der Waals surface area contributed by atoms with Gasteiger partial charge in [0, 0.05) is 12.6 Å². The van der Waals surface area contributed by atoms with Gasteiger partial charge in [0.05, 0.1) is 28.9 Å². The molecule has 1 aromatic rings. The number of hydrogen-bond donors (Lipinski definition) is 3. The number of H-pyrrole nitrogens is 1. The van der Waals surface area contributed by atoms with E-state index in [1.807, 2.05) is 0 Å². The zero-order valence-corrected chi connectivity index (χ0v) is 12.2. The Balaban J connectivity index is 2.38. The third-order valence-corrected chi connectivity index (χ3v) is 4.74. The summed E-state index contributed by atoms with van der Waals surface area (Å²) in [6.07, 6.45) is 2.70. The van der Waals surface area contributed by atoms with Crippen molar-refractivity contribution in [2.75, 3.05) is 6.61 Å². The molecule has 104 valence electrons. The smallest absolute Gasteiger partial charge is 0.329 e. The van der Waals surface area contributed by atoms with Gasteiger partial charge in [-0.3, -0.25) is 14.3 Å². The van der Waals surface area contributed by atoms with Crippen molar-refractivity contribution in [2.45, 2.75) is 23.1 Å². The minimum absolute atomic E-state index is 0.144. The van der Waals surface area contributed by atoms with Crippen molar-refractivity contribution >= 4 is 33.8 Å². The molecule has 2 rings (SSSR count). The highest BCUT2D eigenvalue weighted by Crippen LogP contribution is 2.40. The molecule has 2 heterocycles. The molecule has 0 bridgehead atoms. The lowest BCUT2D eigenvalue weighted by molar-refractivity contribution is 0.137. The number of aromatic nitrogens is 2. The average molecular weight is 349 g/mol. The van der Waals surface area contributed by atoms with E-state index in [0.717, 1.165) is 0 Å². The van der Waals surface area contributed by atoms with E-state index in [9.17, 15) is 14.7 Å². The molecule has 1 aliphatic heterocycles. The predicted molar refractivity (Wildman–Crippen MR) is 77.4 cm³/mol. The predicted octanol–water partition coefficient (Wildman–Crippen LogP) is 0.260. The molecule has 6 nitrogen and oxygen atoms in total. The van der Waals surface area contributed by atoms with Crippen molar-refractivity contribution in [3.63, 3.8) is 0 Å². The molecule has 0 unspecified atom stereocenters. The van der Waals surface area contributed by atoms with Crippen molar-refractivity contribution < 1.29 is 10.2 Å². The molecule has 0 radical (unpaired) electrons. The van der Waals surface area contributed by atoms with Gasteiger partial charge in [-0.15, -0.1) is 11.8 Å². The Morgan fingerprint density at radius 2 is 2.32 bits per heavy atom. The Hall–Kier alpha value is -0.830. The van der Waals surface area contributed by atoms with Gasteiger partial charge in [-0.2, -0.15) is 0 Å². The zero-order valence-electron chi connectivity index (χ0n) is 9.82. The average Bonchev–Trinajstić information content (AvgIpc) is 2.74. The first-order valence-electron chi connectivity index (χ1n) is 5.63. The van der Waals surface area contributed by atoms with Crippen LogP contribution in [-0.4, -0.2) is 37.7 Å². The second-order valence-electron chi connectivity index (χ2n) is 4.16. The van der Waals surface area contributed by atoms with Crippen LogP contribution >= 0.6 is 27.7 Å². The van der Waals surface area contributed by atoms with Crippen molar-refractivity contribution in [1.29, 1.82) is 0 Å². The molecule has 0 spiro atoms. The Kier molecular flexibility index (Phi) is 4.67. The van der Waals surface area contributed by atoms with Gasteiger partial charge in [0.25, 0.3) is 5.56 Å². The standard InChI is InChI=1S/C11H13BrN2O4S/c12-2-1-6-4-14(11(18)13-10(6)17)9-3-7(16)8(5-15)19-9/h1-2,4,7-9,15-16H,3,5H2,(H,13,17,18)/b2-1+/t7-,8+,9-/m0/s1. The molecule has 1 saturated heterocycles. The van der Waals surface area contributed by atoms with Crippen LogP contribution in [0.4, 0.5) is 0 Å². The summed E-state index contributed by atoms with van der Waals surface area (Å²) in [6.45, 7) is -0.144. The molecular formula is C11H13BrN2O4S. The van der Waals surface area contributed by atoms with Gasteiger partial charge in [0.1, 0.15) is 0 Å². The molecule has 19 heavy (non-hydrogen) atoms. The molecular weight excluding hydrogens is 336 g/mol. The summed E-state index contributed by atoms with van der Waals surface area (Å²) in [6, 6.07) is 0. The molecule has 1 aromatic heterocycles. The van der Waals surface area contributed by atoms with Crippen molar-refractivity contribution in [3.8, 4) is 0 Å². The van der Waals surface area contributed by atoms with Gasteiger partial charge >= 0.3 is 5.69 Å². The lowest BCUT2D eigenvalue weighted by atomic mass is 10.2. The van der Waals surface area contributed by atoms with Crippen molar-refractivity contribution in [1.82, 2.24) is 9.55 Å². The fourth-order valence-corrected chi connectivity index (χ4v) is 3.61. The third kappa shape index (κ3) is 3.02. The van der Waals surface area contributed by atoms with Crippen LogP contribution in [0, 0.1) is 0 Å². The number of rotatable bonds is 3. The monoisotopic (exact) mass is 348 g/mol. The van der Waals surface area contributed by atoms with Gasteiger partial charge in [-0.05, 0) is 11.1 Å². The minimum atomic E-state index is -0.658. The Morgan fingerprint density at radius 1 is 1.58 bits per heavy atom. The summed E-state index contributed by atoms with van der Waals surface area (Å²) in [5, 5.41) is 18.3. The van der Waals surface area contributed by atoms with E-state index in [1.165, 1.54) is 33.6 Å². The lowest BCUT2D eigenvalue weighted by Gasteiger charge is -2.13. The number of thioether (sulfide) groups is 1. The number of aliphatic hydroxyl groups excluding tert-OH is 2. The minimum Gasteiger partial charge on any atom is -0.395 e. The quantitative estimate of drug-likeness (QED) is 0.728. The second-order valence-corrected chi connectivity index (χ2v) is 6.11. The van der Waals surface area contributed by atoms with Crippen LogP contribution < -0.4 is 11.2 Å². The molecule has 8 heteroatoms. The van der Waals surface area contributed by atoms with E-state index in [1.54, 1.807) is 0 Å². The fraction of sp³-hybridized carbons (Fsp3) is 0.455. The molecule has 0 aliphatic carbocycles. The molecule has 3 N–H and O–H groups in total. The maximum Gasteiger partial charge on any atom is 0.329 e. The molecule has 1 fully saturated rings. The van der Waals surface area contributed by atoms with Crippen molar-refractivity contribution in [3.05, 3.63) is 37.6 Å². The summed E-state index contributed by atoms with van der Waals surface area (Å²) < 4.78 is 1.38. The number of aromatic amines is 1. The van der Waals surface area contributed by atoms with E-state index in [4.69, 9.17) is 5.11 Å². The van der Waals surface area contributed by atoms with E-state index in [-0.39, 0.29) is 17.2 Å². The maximum atomic E-state index is 11.8. The fourth-order valence-electron chi connectivity index (χ4n) is 1.95. The largest absolute Gasteiger partial charge is 0.395 e. The van der Waals surface area contributed by atoms with E-state index in [2.05, 4.69) is 20.9 Å². The first-order valence-corrected chi connectivity index (χ1v) is 7.49. The van der Waals surface area contributed by atoms with Gasteiger partial charge in [0.15, 0.2) is 0 Å². The Labute approximate surface area is 121 Å². The van der Waals surface area contributed by atoms with Gasteiger partial charge in [-0.25, -0.2) is 4.79 Å². The highest BCUT2D eigenvalue weighted by molar-refractivity contribution is 9.11. The van der Waals surface area contributed by atoms with Crippen LogP contribution in [-0.2, 0) is 0 Å². The van der Waals surface area contributed by atoms with Gasteiger partial charge < -0.3 is 10.2 Å². The number of aliphatic hydroxyl groups is 2. The Morgan fingerprint density at radius 3 is 2.89 bits per heavy atom. The van der Waals surface area contributed by atoms with E-state index < -0.39 is 17.4 Å². The first-order chi connectivity index (χ1) is 9.06. The second kappa shape index (κ2) is 6.08. The molecule has 0 saturated carbocycles. The van der Waals surface area contributed by atoms with Gasteiger partial charge in [0.2, 0.25) is 0 Å². The van der Waals surface area contributed by atoms with Crippen LogP contribution in [0.5, 0.6) is 0 Å². The summed E-state index contributed by atoms with van der Waals surface area (Å²) in [5.74, 6) is 0. The van der Waals surface area contributed by atoms with E-state index >= 15 is 0 Å². The normalized spacial score (nSPS) is 27.2. The highest BCUT2D eigenvalue weighted by Gasteiger charge is 2.34. The Bertz CT molecular complexity index is 597. The zero-order chi connectivity index (χ0) is 14.0. The summed E-state index contributed by atoms with van der Waals surface area (Å²) in [5.41, 5.74) is -0.627. The SMILES string of the molecule is O=c1[nH]c(=O)n([C@@H]2C[C@H](O)[C@@H](CO)S2)cc1/C=C/Br. The summed E-state index contributed by atoms with van der Waals surface area (Å²) in [4.78, 5) is 27.1. The maximum absolute atomic E-state index is 11.8. The van der Waals surface area contributed by atoms with Crippen LogP contribution in [0.1, 0.15) is 17.4 Å². The number of nitrogens with zero attached hydrogens (tertiary/aromatic N) is 1.